The number of hydrogen-bond acceptors (Lipinski definition) is 4. The lowest BCUT2D eigenvalue weighted by Crippen LogP contribution is -1.81. The van der Waals surface area contributed by atoms with Crippen LogP contribution in [0.3, 0.4) is 0 Å². The molecule has 2 rings (SSSR count). The van der Waals surface area contributed by atoms with Gasteiger partial charge in [-0.25, -0.2) is 0 Å². The Morgan fingerprint density at radius 1 is 1.31 bits per heavy atom. The molecule has 3 nitrogen and oxygen atoms in total. The molecule has 0 amide bonds. The minimum absolute atomic E-state index is 0.563. The average Bonchev–Trinajstić information content (AvgIpc) is 2.66. The molecule has 0 spiro atoms. The first-order valence-electron chi connectivity index (χ1n) is 4.52. The molecular weight excluding hydrogens is 267 g/mol. The van der Waals surface area contributed by atoms with E-state index in [-0.39, 0.29) is 0 Å². The van der Waals surface area contributed by atoms with E-state index in [1.807, 2.05) is 6.07 Å². The highest BCUT2D eigenvalue weighted by atomic mass is 35.5. The largest absolute Gasteiger partial charge is 0.425 e. The maximum absolute atomic E-state index is 6.02. The molecule has 0 saturated heterocycles. The first-order chi connectivity index (χ1) is 7.65. The van der Waals surface area contributed by atoms with Crippen LogP contribution in [0.2, 0.25) is 10.0 Å². The van der Waals surface area contributed by atoms with E-state index in [0.717, 1.165) is 4.90 Å². The van der Waals surface area contributed by atoms with Crippen LogP contribution in [0.5, 0.6) is 0 Å². The van der Waals surface area contributed by atoms with Crippen LogP contribution < -0.4 is 0 Å². The SMILES string of the molecule is Cc1nnc(CSc2cc(Cl)ccc2Cl)o1. The van der Waals surface area contributed by atoms with Crippen molar-refractivity contribution in [2.24, 2.45) is 0 Å². The summed E-state index contributed by atoms with van der Waals surface area (Å²) in [6, 6.07) is 5.34. The fourth-order valence-corrected chi connectivity index (χ4v) is 2.45. The van der Waals surface area contributed by atoms with Crippen LogP contribution in [-0.2, 0) is 5.75 Å². The Kier molecular flexibility index (Phi) is 3.74. The molecule has 2 aromatic rings. The van der Waals surface area contributed by atoms with E-state index >= 15 is 0 Å². The summed E-state index contributed by atoms with van der Waals surface area (Å²) in [5.41, 5.74) is 0. The summed E-state index contributed by atoms with van der Waals surface area (Å²) in [5, 5.41) is 8.98. The molecule has 0 saturated carbocycles. The molecule has 0 radical (unpaired) electrons. The predicted molar refractivity (Wildman–Crippen MR) is 65.1 cm³/mol. The van der Waals surface area contributed by atoms with E-state index in [4.69, 9.17) is 27.6 Å². The fourth-order valence-electron chi connectivity index (χ4n) is 1.12. The first-order valence-corrected chi connectivity index (χ1v) is 6.26. The molecule has 0 aliphatic carbocycles. The monoisotopic (exact) mass is 274 g/mol. The Morgan fingerprint density at radius 2 is 2.12 bits per heavy atom. The lowest BCUT2D eigenvalue weighted by molar-refractivity contribution is 0.485. The fraction of sp³-hybridized carbons (Fsp3) is 0.200. The van der Waals surface area contributed by atoms with Gasteiger partial charge in [0.1, 0.15) is 0 Å². The molecule has 0 aliphatic heterocycles. The van der Waals surface area contributed by atoms with E-state index in [9.17, 15) is 0 Å². The smallest absolute Gasteiger partial charge is 0.226 e. The van der Waals surface area contributed by atoms with E-state index in [1.54, 1.807) is 19.1 Å². The van der Waals surface area contributed by atoms with Crippen molar-refractivity contribution in [3.05, 3.63) is 40.0 Å². The summed E-state index contributed by atoms with van der Waals surface area (Å²) in [5.74, 6) is 1.73. The van der Waals surface area contributed by atoms with Gasteiger partial charge in [0.15, 0.2) is 0 Å². The van der Waals surface area contributed by atoms with Crippen molar-refractivity contribution in [2.45, 2.75) is 17.6 Å². The zero-order valence-electron chi connectivity index (χ0n) is 8.41. The minimum atomic E-state index is 0.563. The second-order valence-corrected chi connectivity index (χ2v) is 4.94. The number of aromatic nitrogens is 2. The first kappa shape index (κ1) is 11.8. The molecule has 1 heterocycles. The van der Waals surface area contributed by atoms with Crippen molar-refractivity contribution in [3.63, 3.8) is 0 Å². The molecule has 0 aliphatic rings. The zero-order chi connectivity index (χ0) is 11.5. The topological polar surface area (TPSA) is 38.9 Å². The maximum atomic E-state index is 6.02. The second-order valence-electron chi connectivity index (χ2n) is 3.08. The summed E-state index contributed by atoms with van der Waals surface area (Å²) >= 11 is 13.4. The Hall–Kier alpha value is -0.710. The van der Waals surface area contributed by atoms with E-state index in [1.165, 1.54) is 11.8 Å². The van der Waals surface area contributed by atoms with Gasteiger partial charge in [-0.1, -0.05) is 23.2 Å². The van der Waals surface area contributed by atoms with Crippen LogP contribution in [0.25, 0.3) is 0 Å². The normalized spacial score (nSPS) is 10.7. The number of hydrogen-bond donors (Lipinski definition) is 0. The van der Waals surface area contributed by atoms with E-state index < -0.39 is 0 Å². The van der Waals surface area contributed by atoms with Crippen molar-refractivity contribution in [3.8, 4) is 0 Å². The molecule has 0 atom stereocenters. The van der Waals surface area contributed by atoms with Crippen LogP contribution in [0.4, 0.5) is 0 Å². The lowest BCUT2D eigenvalue weighted by atomic mass is 10.4. The summed E-state index contributed by atoms with van der Waals surface area (Å²) < 4.78 is 5.26. The number of rotatable bonds is 3. The second kappa shape index (κ2) is 5.08. The molecular formula is C10H8Cl2N2OS. The number of aryl methyl sites for hydroxylation is 1. The van der Waals surface area contributed by atoms with Crippen molar-refractivity contribution in [1.82, 2.24) is 10.2 Å². The van der Waals surface area contributed by atoms with Crippen LogP contribution in [0.15, 0.2) is 27.5 Å². The average molecular weight is 275 g/mol. The Balaban J connectivity index is 2.07. The van der Waals surface area contributed by atoms with Gasteiger partial charge < -0.3 is 4.42 Å². The minimum Gasteiger partial charge on any atom is -0.425 e. The molecule has 0 bridgehead atoms. The quantitative estimate of drug-likeness (QED) is 0.794. The standard InChI is InChI=1S/C10H8Cl2N2OS/c1-6-13-14-10(15-6)5-16-9-4-7(11)2-3-8(9)12/h2-4H,5H2,1H3. The number of nitrogens with zero attached hydrogens (tertiary/aromatic N) is 2. The van der Waals surface area contributed by atoms with Crippen molar-refractivity contribution in [2.75, 3.05) is 0 Å². The van der Waals surface area contributed by atoms with Gasteiger partial charge in [-0.3, -0.25) is 0 Å². The third-order valence-electron chi connectivity index (χ3n) is 1.81. The Labute approximate surface area is 107 Å². The molecule has 16 heavy (non-hydrogen) atoms. The molecule has 1 aromatic carbocycles. The predicted octanol–water partition coefficient (Wildman–Crippen LogP) is 3.98. The lowest BCUT2D eigenvalue weighted by Gasteiger charge is -2.02. The number of halogens is 2. The van der Waals surface area contributed by atoms with Gasteiger partial charge in [0, 0.05) is 16.8 Å². The van der Waals surface area contributed by atoms with Crippen LogP contribution in [0.1, 0.15) is 11.8 Å². The van der Waals surface area contributed by atoms with E-state index in [0.29, 0.717) is 27.6 Å². The van der Waals surface area contributed by atoms with Gasteiger partial charge in [-0.15, -0.1) is 22.0 Å². The van der Waals surface area contributed by atoms with Crippen LogP contribution >= 0.6 is 35.0 Å². The summed E-state index contributed by atoms with van der Waals surface area (Å²) in [4.78, 5) is 0.907. The van der Waals surface area contributed by atoms with Gasteiger partial charge in [-0.05, 0) is 18.2 Å². The highest BCUT2D eigenvalue weighted by molar-refractivity contribution is 7.98. The highest BCUT2D eigenvalue weighted by Gasteiger charge is 2.06. The van der Waals surface area contributed by atoms with Crippen LogP contribution in [0, 0.1) is 6.92 Å². The molecule has 84 valence electrons. The van der Waals surface area contributed by atoms with Crippen molar-refractivity contribution in [1.29, 1.82) is 0 Å². The number of thioether (sulfide) groups is 1. The maximum Gasteiger partial charge on any atom is 0.226 e. The summed E-state index contributed by atoms with van der Waals surface area (Å²) in [6.07, 6.45) is 0. The third kappa shape index (κ3) is 2.90. The van der Waals surface area contributed by atoms with Gasteiger partial charge in [0.05, 0.1) is 10.8 Å². The van der Waals surface area contributed by atoms with Gasteiger partial charge in [0.2, 0.25) is 11.8 Å². The molecule has 0 unspecified atom stereocenters. The van der Waals surface area contributed by atoms with Crippen molar-refractivity contribution < 1.29 is 4.42 Å². The highest BCUT2D eigenvalue weighted by Crippen LogP contribution is 2.31. The zero-order valence-corrected chi connectivity index (χ0v) is 10.7. The van der Waals surface area contributed by atoms with Gasteiger partial charge in [-0.2, -0.15) is 0 Å². The van der Waals surface area contributed by atoms with Crippen LogP contribution in [-0.4, -0.2) is 10.2 Å². The molecule has 6 heteroatoms. The summed E-state index contributed by atoms with van der Waals surface area (Å²) in [7, 11) is 0. The Morgan fingerprint density at radius 3 is 2.81 bits per heavy atom. The third-order valence-corrected chi connectivity index (χ3v) is 3.53. The van der Waals surface area contributed by atoms with Crippen molar-refractivity contribution >= 4 is 35.0 Å². The van der Waals surface area contributed by atoms with Gasteiger partial charge in [0.25, 0.3) is 0 Å². The Bertz CT molecular complexity index is 501. The molecule has 0 fully saturated rings. The molecule has 1 aromatic heterocycles. The van der Waals surface area contributed by atoms with Gasteiger partial charge >= 0.3 is 0 Å². The molecule has 0 N–H and O–H groups in total. The van der Waals surface area contributed by atoms with E-state index in [2.05, 4.69) is 10.2 Å². The summed E-state index contributed by atoms with van der Waals surface area (Å²) in [6.45, 7) is 1.76. The number of benzene rings is 1.